The largest absolute Gasteiger partial charge is 0.481 e. The van der Waals surface area contributed by atoms with E-state index in [2.05, 4.69) is 9.68 Å². The molecule has 0 aliphatic rings. The van der Waals surface area contributed by atoms with Gasteiger partial charge in [0.2, 0.25) is 0 Å². The first-order chi connectivity index (χ1) is 6.18. The summed E-state index contributed by atoms with van der Waals surface area (Å²) in [6.45, 7) is 1.19. The van der Waals surface area contributed by atoms with Gasteiger partial charge in [-0.05, 0) is 7.05 Å². The second-order valence-electron chi connectivity index (χ2n) is 2.91. The van der Waals surface area contributed by atoms with Crippen molar-refractivity contribution in [3.8, 4) is 0 Å². The standard InChI is InChI=1S/C8H12N2O3/c1-10(3-2-8(11)12)5-7-4-9-13-6-7/h4,6H,2-3,5H2,1H3,(H,11,12). The van der Waals surface area contributed by atoms with E-state index in [9.17, 15) is 4.79 Å². The van der Waals surface area contributed by atoms with Crippen LogP contribution in [0.5, 0.6) is 0 Å². The lowest BCUT2D eigenvalue weighted by Gasteiger charge is -2.12. The third-order valence-corrected chi connectivity index (χ3v) is 1.64. The van der Waals surface area contributed by atoms with Gasteiger partial charge in [0.05, 0.1) is 12.6 Å². The molecule has 1 rings (SSSR count). The summed E-state index contributed by atoms with van der Waals surface area (Å²) in [5.41, 5.74) is 0.952. The summed E-state index contributed by atoms with van der Waals surface area (Å²) in [6, 6.07) is 0. The minimum absolute atomic E-state index is 0.155. The predicted octanol–water partition coefficient (Wildman–Crippen LogP) is 0.581. The molecule has 0 radical (unpaired) electrons. The van der Waals surface area contributed by atoms with E-state index in [0.29, 0.717) is 13.1 Å². The first-order valence-electron chi connectivity index (χ1n) is 3.97. The Morgan fingerprint density at radius 3 is 3.08 bits per heavy atom. The van der Waals surface area contributed by atoms with Crippen LogP contribution in [0.25, 0.3) is 0 Å². The quantitative estimate of drug-likeness (QED) is 0.725. The Labute approximate surface area is 75.9 Å². The van der Waals surface area contributed by atoms with Crippen LogP contribution in [0, 0.1) is 0 Å². The van der Waals surface area contributed by atoms with Crippen molar-refractivity contribution in [1.29, 1.82) is 0 Å². The lowest BCUT2D eigenvalue weighted by molar-refractivity contribution is -0.137. The number of hydrogen-bond acceptors (Lipinski definition) is 4. The Balaban J connectivity index is 2.25. The Hall–Kier alpha value is -1.36. The molecule has 0 unspecified atom stereocenters. The number of carbonyl (C=O) groups is 1. The van der Waals surface area contributed by atoms with Crippen LogP contribution in [0.3, 0.4) is 0 Å². The fourth-order valence-electron chi connectivity index (χ4n) is 0.982. The van der Waals surface area contributed by atoms with E-state index in [1.54, 1.807) is 12.5 Å². The zero-order chi connectivity index (χ0) is 9.68. The van der Waals surface area contributed by atoms with Gasteiger partial charge < -0.3 is 14.5 Å². The summed E-state index contributed by atoms with van der Waals surface area (Å²) < 4.78 is 4.65. The van der Waals surface area contributed by atoms with Gasteiger partial charge in [0.15, 0.2) is 0 Å². The molecular formula is C8H12N2O3. The molecule has 13 heavy (non-hydrogen) atoms. The van der Waals surface area contributed by atoms with Crippen molar-refractivity contribution in [3.05, 3.63) is 18.0 Å². The minimum Gasteiger partial charge on any atom is -0.481 e. The molecular weight excluding hydrogens is 172 g/mol. The van der Waals surface area contributed by atoms with E-state index in [1.165, 1.54) is 0 Å². The van der Waals surface area contributed by atoms with Gasteiger partial charge in [-0.1, -0.05) is 5.16 Å². The summed E-state index contributed by atoms with van der Waals surface area (Å²) in [6.07, 6.45) is 3.33. The second kappa shape index (κ2) is 4.61. The molecule has 0 aliphatic carbocycles. The van der Waals surface area contributed by atoms with E-state index >= 15 is 0 Å². The van der Waals surface area contributed by atoms with E-state index in [-0.39, 0.29) is 6.42 Å². The summed E-state index contributed by atoms with van der Waals surface area (Å²) in [5, 5.41) is 12.0. The SMILES string of the molecule is CN(CCC(=O)O)Cc1cnoc1. The third kappa shape index (κ3) is 3.71. The number of rotatable bonds is 5. The van der Waals surface area contributed by atoms with Crippen LogP contribution in [-0.4, -0.2) is 34.7 Å². The van der Waals surface area contributed by atoms with Crippen LogP contribution in [-0.2, 0) is 11.3 Å². The lowest BCUT2D eigenvalue weighted by Crippen LogP contribution is -2.20. The van der Waals surface area contributed by atoms with Crippen LogP contribution in [0.2, 0.25) is 0 Å². The van der Waals surface area contributed by atoms with Crippen molar-refractivity contribution in [2.45, 2.75) is 13.0 Å². The normalized spacial score (nSPS) is 10.6. The fraction of sp³-hybridized carbons (Fsp3) is 0.500. The number of carboxylic acid groups (broad SMARTS) is 1. The molecule has 5 heteroatoms. The molecule has 0 fully saturated rings. The van der Waals surface area contributed by atoms with Gasteiger partial charge in [0, 0.05) is 18.7 Å². The Bertz CT molecular complexity index is 258. The Morgan fingerprint density at radius 2 is 2.54 bits per heavy atom. The summed E-state index contributed by atoms with van der Waals surface area (Å²) >= 11 is 0. The van der Waals surface area contributed by atoms with Crippen LogP contribution in [0.1, 0.15) is 12.0 Å². The maximum Gasteiger partial charge on any atom is 0.304 e. The van der Waals surface area contributed by atoms with E-state index in [0.717, 1.165) is 5.56 Å². The second-order valence-corrected chi connectivity index (χ2v) is 2.91. The summed E-state index contributed by atoms with van der Waals surface area (Å²) in [4.78, 5) is 12.2. The number of hydrogen-bond donors (Lipinski definition) is 1. The smallest absolute Gasteiger partial charge is 0.304 e. The van der Waals surface area contributed by atoms with Gasteiger partial charge in [-0.2, -0.15) is 0 Å². The van der Waals surface area contributed by atoms with Crippen molar-refractivity contribution in [2.75, 3.05) is 13.6 Å². The number of nitrogens with zero attached hydrogens (tertiary/aromatic N) is 2. The highest BCUT2D eigenvalue weighted by Gasteiger charge is 2.04. The molecule has 0 saturated carbocycles. The van der Waals surface area contributed by atoms with Crippen molar-refractivity contribution in [1.82, 2.24) is 10.1 Å². The molecule has 0 bridgehead atoms. The average molecular weight is 184 g/mol. The van der Waals surface area contributed by atoms with Gasteiger partial charge in [-0.15, -0.1) is 0 Å². The number of carboxylic acids is 1. The molecule has 0 amide bonds. The molecule has 1 N–H and O–H groups in total. The van der Waals surface area contributed by atoms with Gasteiger partial charge >= 0.3 is 5.97 Å². The number of aliphatic carboxylic acids is 1. The molecule has 0 aromatic carbocycles. The Kier molecular flexibility index (Phi) is 3.45. The number of aromatic nitrogens is 1. The zero-order valence-electron chi connectivity index (χ0n) is 7.43. The molecule has 0 aliphatic heterocycles. The molecule has 0 atom stereocenters. The molecule has 5 nitrogen and oxygen atoms in total. The van der Waals surface area contributed by atoms with Crippen molar-refractivity contribution in [2.24, 2.45) is 0 Å². The van der Waals surface area contributed by atoms with Crippen molar-refractivity contribution < 1.29 is 14.4 Å². The molecule has 1 aromatic rings. The van der Waals surface area contributed by atoms with Crippen LogP contribution in [0.15, 0.2) is 17.0 Å². The highest BCUT2D eigenvalue weighted by Crippen LogP contribution is 2.01. The molecule has 1 heterocycles. The first kappa shape index (κ1) is 9.73. The predicted molar refractivity (Wildman–Crippen MR) is 45.1 cm³/mol. The van der Waals surface area contributed by atoms with Gasteiger partial charge in [0.25, 0.3) is 0 Å². The van der Waals surface area contributed by atoms with Gasteiger partial charge in [-0.3, -0.25) is 4.79 Å². The highest BCUT2D eigenvalue weighted by atomic mass is 16.5. The average Bonchev–Trinajstić information content (AvgIpc) is 2.53. The monoisotopic (exact) mass is 184 g/mol. The Morgan fingerprint density at radius 1 is 1.77 bits per heavy atom. The maximum absolute atomic E-state index is 10.2. The molecule has 0 spiro atoms. The van der Waals surface area contributed by atoms with E-state index in [1.807, 2.05) is 11.9 Å². The first-order valence-corrected chi connectivity index (χ1v) is 3.97. The minimum atomic E-state index is -0.780. The van der Waals surface area contributed by atoms with Crippen molar-refractivity contribution >= 4 is 5.97 Å². The van der Waals surface area contributed by atoms with Crippen LogP contribution < -0.4 is 0 Å². The van der Waals surface area contributed by atoms with Crippen LogP contribution in [0.4, 0.5) is 0 Å². The zero-order valence-corrected chi connectivity index (χ0v) is 7.43. The lowest BCUT2D eigenvalue weighted by atomic mass is 10.3. The molecule has 72 valence electrons. The van der Waals surface area contributed by atoms with E-state index < -0.39 is 5.97 Å². The topological polar surface area (TPSA) is 66.6 Å². The van der Waals surface area contributed by atoms with Gasteiger partial charge in [0.1, 0.15) is 6.26 Å². The maximum atomic E-state index is 10.2. The van der Waals surface area contributed by atoms with Gasteiger partial charge in [-0.25, -0.2) is 0 Å². The fourth-order valence-corrected chi connectivity index (χ4v) is 0.982. The van der Waals surface area contributed by atoms with Crippen molar-refractivity contribution in [3.63, 3.8) is 0 Å². The molecule has 0 saturated heterocycles. The molecule has 1 aromatic heterocycles. The summed E-state index contributed by atoms with van der Waals surface area (Å²) in [5.74, 6) is -0.780. The highest BCUT2D eigenvalue weighted by molar-refractivity contribution is 5.66. The van der Waals surface area contributed by atoms with Crippen LogP contribution >= 0.6 is 0 Å². The van der Waals surface area contributed by atoms with E-state index in [4.69, 9.17) is 5.11 Å². The summed E-state index contributed by atoms with van der Waals surface area (Å²) in [7, 11) is 1.86. The third-order valence-electron chi connectivity index (χ3n) is 1.64.